The molecule has 0 radical (unpaired) electrons. The van der Waals surface area contributed by atoms with Crippen LogP contribution in [0.4, 0.5) is 20.6 Å². The van der Waals surface area contributed by atoms with Crippen LogP contribution in [-0.2, 0) is 28.5 Å². The van der Waals surface area contributed by atoms with E-state index in [-0.39, 0.29) is 82.8 Å². The summed E-state index contributed by atoms with van der Waals surface area (Å²) in [4.78, 5) is 71.4. The molecule has 446 valence electrons. The standard InChI is InChI=1S/C61H75FN6O15/c1-29-13-12-14-30(2)58(76)64-47-41(26-63-67-22-20-65(21-23-67)60(78)82-39-17-19-66(27-39)49-33(5)48-40(38-15-16-38)25-31(3)59(77)68(48)28-42(49)62)53(73)44-45(54(47)74)52(72)36(8)56-46(44)57(75)61(10,83-56)80-24-18-43(79-11)32(4)55(81-37(9)69)35(7)51(71)34(6)50(29)70/h12-14,18,24-26,28-29,32,34-35,38-39,43,50-51,55,70-74H,15-17,19-23,27H2,1-11H3,(H,64,76)/b13-12+,24-18+,30-14-,63-26-/t29-,32+,34+,35+,39-,43-,50-,51+,55+,61-/m0/s1. The fraction of sp³-hybridized carbons (Fsp3) is 0.508. The van der Waals surface area contributed by atoms with Crippen LogP contribution in [0.1, 0.15) is 112 Å². The van der Waals surface area contributed by atoms with Crippen LogP contribution >= 0.6 is 0 Å². The Hall–Kier alpha value is -7.69. The van der Waals surface area contributed by atoms with Crippen molar-refractivity contribution in [1.29, 1.82) is 0 Å². The van der Waals surface area contributed by atoms with E-state index in [4.69, 9.17) is 23.7 Å². The second kappa shape index (κ2) is 23.5. The lowest BCUT2D eigenvalue weighted by molar-refractivity contribution is -0.160. The molecular formula is C61H75FN6O15. The number of pyridine rings is 2. The van der Waals surface area contributed by atoms with E-state index in [1.165, 1.54) is 74.9 Å². The summed E-state index contributed by atoms with van der Waals surface area (Å²) in [5.74, 6) is -9.36. The molecule has 0 unspecified atom stereocenters. The number of ether oxygens (including phenoxy) is 5. The number of amides is 2. The number of aromatic hydroxyl groups is 3. The van der Waals surface area contributed by atoms with Crippen molar-refractivity contribution in [2.24, 2.45) is 28.8 Å². The number of methoxy groups -OCH3 is 1. The zero-order valence-corrected chi connectivity index (χ0v) is 48.7. The fourth-order valence-electron chi connectivity index (χ4n) is 12.1. The van der Waals surface area contributed by atoms with E-state index in [1.54, 1.807) is 51.8 Å². The Kier molecular flexibility index (Phi) is 17.0. The summed E-state index contributed by atoms with van der Waals surface area (Å²) in [6.07, 6.45) is 7.00. The Morgan fingerprint density at radius 2 is 1.57 bits per heavy atom. The number of hydrogen-bond donors (Lipinski definition) is 6. The van der Waals surface area contributed by atoms with Gasteiger partial charge in [0.25, 0.3) is 17.2 Å². The van der Waals surface area contributed by atoms with Gasteiger partial charge in [-0.1, -0.05) is 45.9 Å². The van der Waals surface area contributed by atoms with Crippen molar-refractivity contribution in [2.45, 2.75) is 131 Å². The van der Waals surface area contributed by atoms with Crippen molar-refractivity contribution in [3.8, 4) is 23.0 Å². The van der Waals surface area contributed by atoms with Crippen LogP contribution < -0.4 is 20.5 Å². The number of rotatable bonds is 7. The number of anilines is 2. The van der Waals surface area contributed by atoms with Crippen molar-refractivity contribution < 1.29 is 72.8 Å². The van der Waals surface area contributed by atoms with Crippen LogP contribution in [0.5, 0.6) is 23.0 Å². The second-order valence-electron chi connectivity index (χ2n) is 23.1. The molecule has 2 aromatic carbocycles. The summed E-state index contributed by atoms with van der Waals surface area (Å²) in [7, 11) is 1.42. The third-order valence-electron chi connectivity index (χ3n) is 17.3. The van der Waals surface area contributed by atoms with Gasteiger partial charge in [-0.05, 0) is 69.7 Å². The number of fused-ring (bicyclic) bond motifs is 15. The van der Waals surface area contributed by atoms with Gasteiger partial charge in [0.1, 0.15) is 29.5 Å². The van der Waals surface area contributed by atoms with Gasteiger partial charge in [-0.2, -0.15) is 5.10 Å². The first-order valence-corrected chi connectivity index (χ1v) is 28.2. The number of hydrogen-bond acceptors (Lipinski definition) is 18. The number of aryl methyl sites for hydroxylation is 2. The van der Waals surface area contributed by atoms with Crippen molar-refractivity contribution >= 4 is 57.6 Å². The van der Waals surface area contributed by atoms with Crippen molar-refractivity contribution in [2.75, 3.05) is 56.6 Å². The molecule has 7 heterocycles. The monoisotopic (exact) mass is 1150 g/mol. The SMILES string of the molecule is CO[C@H]1/C=C/O[C@@]2(C)Oc3c(C)c(O)c4c(O)c(c(/C=N\N5CCN(C(=O)O[C@H]6CCN(c7c(F)cn8c(=O)c(C)cc(C9CC9)c8c7C)C6)CC5)c(O)c4c3C2=O)NC(=O)/C(C)=C\C=C\[C@H](C)[C@H](O)[C@@H](C)[C@@H](O)[C@@H](C)[C@H](OC(C)=O)[C@@H]1C. The van der Waals surface area contributed by atoms with Gasteiger partial charge in [0.2, 0.25) is 0 Å². The molecule has 2 saturated heterocycles. The quantitative estimate of drug-likeness (QED) is 0.0456. The van der Waals surface area contributed by atoms with Crippen LogP contribution in [0.3, 0.4) is 0 Å². The number of aromatic nitrogens is 1. The average molecular weight is 1150 g/mol. The molecule has 3 fully saturated rings. The normalized spacial score (nSPS) is 28.8. The average Bonchev–Trinajstić information content (AvgIpc) is 4.37. The number of carbonyl (C=O) groups is 4. The van der Waals surface area contributed by atoms with Crippen LogP contribution in [0.15, 0.2) is 58.3 Å². The summed E-state index contributed by atoms with van der Waals surface area (Å²) < 4.78 is 47.1. The number of nitrogens with one attached hydrogen (secondary N) is 1. The van der Waals surface area contributed by atoms with E-state index in [1.807, 2.05) is 17.9 Å². The molecule has 2 aromatic heterocycles. The molecule has 21 nitrogen and oxygen atoms in total. The van der Waals surface area contributed by atoms with E-state index in [0.717, 1.165) is 18.4 Å². The van der Waals surface area contributed by atoms with E-state index in [9.17, 15) is 49.5 Å². The Morgan fingerprint density at radius 3 is 2.23 bits per heavy atom. The van der Waals surface area contributed by atoms with Gasteiger partial charge in [-0.15, -0.1) is 0 Å². The van der Waals surface area contributed by atoms with Crippen LogP contribution in [0.25, 0.3) is 16.3 Å². The van der Waals surface area contributed by atoms with Gasteiger partial charge >= 0.3 is 17.8 Å². The minimum Gasteiger partial charge on any atom is -0.507 e. The number of halogens is 1. The summed E-state index contributed by atoms with van der Waals surface area (Å²) >= 11 is 0. The number of aliphatic hydroxyl groups excluding tert-OH is 2. The molecule has 10 rings (SSSR count). The number of allylic oxidation sites excluding steroid dienone is 2. The highest BCUT2D eigenvalue weighted by atomic mass is 19.1. The predicted octanol–water partition coefficient (Wildman–Crippen LogP) is 7.37. The van der Waals surface area contributed by atoms with Gasteiger partial charge < -0.3 is 64.3 Å². The van der Waals surface area contributed by atoms with Crippen molar-refractivity contribution in [3.05, 3.63) is 98.0 Å². The molecule has 0 spiro atoms. The lowest BCUT2D eigenvalue weighted by atomic mass is 9.78. The second-order valence-corrected chi connectivity index (χ2v) is 23.1. The maximum Gasteiger partial charge on any atom is 0.410 e. The summed E-state index contributed by atoms with van der Waals surface area (Å²) in [5.41, 5.74) is 2.29. The minimum atomic E-state index is -2.13. The largest absolute Gasteiger partial charge is 0.507 e. The molecule has 1 aliphatic carbocycles. The first-order valence-electron chi connectivity index (χ1n) is 28.2. The van der Waals surface area contributed by atoms with Crippen LogP contribution in [0, 0.1) is 50.3 Å². The minimum absolute atomic E-state index is 0.00473. The summed E-state index contributed by atoms with van der Waals surface area (Å²) in [5, 5.41) is 67.7. The number of carbonyl (C=O) groups excluding carboxylic acids is 4. The molecular weight excluding hydrogens is 1080 g/mol. The summed E-state index contributed by atoms with van der Waals surface area (Å²) in [6, 6.07) is 1.92. The molecule has 22 heteroatoms. The molecule has 6 N–H and O–H groups in total. The maximum atomic E-state index is 15.9. The van der Waals surface area contributed by atoms with E-state index in [2.05, 4.69) is 10.4 Å². The fourth-order valence-corrected chi connectivity index (χ4v) is 12.1. The van der Waals surface area contributed by atoms with Gasteiger partial charge in [0.05, 0.1) is 90.0 Å². The smallest absolute Gasteiger partial charge is 0.410 e. The first-order chi connectivity index (χ1) is 39.3. The number of ketones is 1. The van der Waals surface area contributed by atoms with Crippen molar-refractivity contribution in [3.63, 3.8) is 0 Å². The van der Waals surface area contributed by atoms with Gasteiger partial charge in [0, 0.05) is 92.8 Å². The lowest BCUT2D eigenvalue weighted by Gasteiger charge is -2.38. The Balaban J connectivity index is 0.990. The molecule has 10 atom stereocenters. The highest BCUT2D eigenvalue weighted by Crippen LogP contribution is 2.55. The highest BCUT2D eigenvalue weighted by molar-refractivity contribution is 6.24. The van der Waals surface area contributed by atoms with Gasteiger partial charge in [-0.3, -0.25) is 28.6 Å². The van der Waals surface area contributed by atoms with Gasteiger partial charge in [0.15, 0.2) is 11.6 Å². The van der Waals surface area contributed by atoms with Crippen molar-refractivity contribution in [1.82, 2.24) is 14.3 Å². The van der Waals surface area contributed by atoms with E-state index >= 15 is 4.39 Å². The van der Waals surface area contributed by atoms with E-state index in [0.29, 0.717) is 41.2 Å². The van der Waals surface area contributed by atoms with Crippen LogP contribution in [0.2, 0.25) is 0 Å². The Labute approximate surface area is 480 Å². The Morgan fingerprint density at radius 1 is 0.867 bits per heavy atom. The maximum absolute atomic E-state index is 15.9. The number of Topliss-reactive ketones (excluding diaryl/α,β-unsaturated/α-hetero) is 1. The van der Waals surface area contributed by atoms with E-state index < -0.39 is 107 Å². The van der Waals surface area contributed by atoms with Crippen LogP contribution in [-0.4, -0.2) is 152 Å². The third kappa shape index (κ3) is 11.3. The number of nitrogens with zero attached hydrogens (tertiary/aromatic N) is 5. The number of benzene rings is 2. The first kappa shape index (κ1) is 59.9. The lowest BCUT2D eigenvalue weighted by Crippen LogP contribution is -2.47. The zero-order valence-electron chi connectivity index (χ0n) is 48.7. The molecule has 5 aliphatic heterocycles. The number of phenols is 3. The topological polar surface area (TPSA) is 271 Å². The predicted molar refractivity (Wildman–Crippen MR) is 307 cm³/mol. The zero-order chi connectivity index (χ0) is 60.3. The summed E-state index contributed by atoms with van der Waals surface area (Å²) in [6.45, 7) is 17.2. The number of hydrazone groups is 1. The molecule has 1 saturated carbocycles. The Bertz CT molecular complexity index is 3460. The number of phenolic OH excluding ortho intramolecular Hbond substituents is 3. The molecule has 5 bridgehead atoms. The molecule has 6 aliphatic rings. The molecule has 4 aromatic rings. The third-order valence-corrected chi connectivity index (χ3v) is 17.3. The molecule has 2 amide bonds. The number of piperazine rings is 1. The number of esters is 1. The molecule has 83 heavy (non-hydrogen) atoms. The van der Waals surface area contributed by atoms with Gasteiger partial charge in [-0.25, -0.2) is 9.18 Å². The highest BCUT2D eigenvalue weighted by Gasteiger charge is 2.50. The number of aliphatic hydroxyl groups is 2.